The molecule has 2 aliphatic heterocycles. The molecular formula is C22H26N2O5. The van der Waals surface area contributed by atoms with Gasteiger partial charge in [-0.25, -0.2) is 0 Å². The maximum Gasteiger partial charge on any atom is 0.289 e. The van der Waals surface area contributed by atoms with Crippen LogP contribution in [0, 0.1) is 5.92 Å². The normalized spacial score (nSPS) is 20.1. The van der Waals surface area contributed by atoms with Crippen LogP contribution in [-0.2, 0) is 9.53 Å². The first kappa shape index (κ1) is 19.6. The minimum Gasteiger partial charge on any atom is -0.451 e. The van der Waals surface area contributed by atoms with Crippen LogP contribution in [0.2, 0.25) is 0 Å². The van der Waals surface area contributed by atoms with Crippen molar-refractivity contribution in [2.45, 2.75) is 25.7 Å². The molecule has 7 heteroatoms. The lowest BCUT2D eigenvalue weighted by Crippen LogP contribution is -2.42. The molecule has 7 nitrogen and oxygen atoms in total. The molecule has 0 radical (unpaired) electrons. The maximum absolute atomic E-state index is 12.9. The van der Waals surface area contributed by atoms with E-state index in [-0.39, 0.29) is 28.9 Å². The largest absolute Gasteiger partial charge is 0.451 e. The third-order valence-electron chi connectivity index (χ3n) is 5.78. The van der Waals surface area contributed by atoms with Crippen LogP contribution in [0.1, 0.15) is 36.2 Å². The van der Waals surface area contributed by atoms with Gasteiger partial charge in [-0.2, -0.15) is 0 Å². The first-order valence-corrected chi connectivity index (χ1v) is 10.3. The Morgan fingerprint density at radius 1 is 1.07 bits per heavy atom. The number of carbonyl (C=O) groups is 2. The summed E-state index contributed by atoms with van der Waals surface area (Å²) in [6, 6.07) is 8.23. The number of amides is 2. The molecule has 2 aromatic rings. The summed E-state index contributed by atoms with van der Waals surface area (Å²) in [5, 5.41) is 0.474. The number of piperidine rings is 1. The molecule has 1 atom stereocenters. The molecule has 1 aromatic carbocycles. The highest BCUT2D eigenvalue weighted by Gasteiger charge is 2.27. The summed E-state index contributed by atoms with van der Waals surface area (Å²) < 4.78 is 11.0. The minimum atomic E-state index is -0.253. The molecule has 0 saturated carbocycles. The number of rotatable bonds is 4. The number of ether oxygens (including phenoxy) is 1. The summed E-state index contributed by atoms with van der Waals surface area (Å²) in [4.78, 5) is 41.2. The molecule has 0 spiro atoms. The van der Waals surface area contributed by atoms with Crippen LogP contribution < -0.4 is 5.43 Å². The number of hydrogen-bond acceptors (Lipinski definition) is 5. The Balaban J connectivity index is 1.38. The van der Waals surface area contributed by atoms with Gasteiger partial charge in [0.1, 0.15) is 5.58 Å². The van der Waals surface area contributed by atoms with Gasteiger partial charge in [0.15, 0.2) is 11.2 Å². The van der Waals surface area contributed by atoms with E-state index in [1.54, 1.807) is 29.2 Å². The van der Waals surface area contributed by atoms with Crippen molar-refractivity contribution in [3.8, 4) is 0 Å². The second kappa shape index (κ2) is 8.78. The van der Waals surface area contributed by atoms with E-state index in [9.17, 15) is 14.4 Å². The van der Waals surface area contributed by atoms with Crippen molar-refractivity contribution < 1.29 is 18.7 Å². The third kappa shape index (κ3) is 4.50. The molecule has 0 aliphatic carbocycles. The topological polar surface area (TPSA) is 80.1 Å². The summed E-state index contributed by atoms with van der Waals surface area (Å²) in [6.07, 6.45) is 3.15. The van der Waals surface area contributed by atoms with E-state index in [1.807, 2.05) is 4.90 Å². The SMILES string of the molecule is O=C(CC[C@@H]1CCCN(C(=O)c2cc(=O)c3ccccc3o2)C1)N1CCOCC1. The van der Waals surface area contributed by atoms with Crippen molar-refractivity contribution in [3.05, 3.63) is 46.3 Å². The van der Waals surface area contributed by atoms with E-state index in [4.69, 9.17) is 9.15 Å². The molecule has 0 unspecified atom stereocenters. The number of hydrogen-bond donors (Lipinski definition) is 0. The standard InChI is InChI=1S/C22H26N2O5/c25-18-14-20(29-19-6-2-1-5-17(18)19)22(27)24-9-3-4-16(15-24)7-8-21(26)23-10-12-28-13-11-23/h1-2,5-6,14,16H,3-4,7-13,15H2/t16-/m0/s1. The fourth-order valence-corrected chi connectivity index (χ4v) is 4.15. The van der Waals surface area contributed by atoms with Crippen molar-refractivity contribution >= 4 is 22.8 Å². The number of para-hydroxylation sites is 1. The summed E-state index contributed by atoms with van der Waals surface area (Å²) in [6.45, 7) is 3.77. The highest BCUT2D eigenvalue weighted by atomic mass is 16.5. The van der Waals surface area contributed by atoms with E-state index < -0.39 is 0 Å². The predicted molar refractivity (Wildman–Crippen MR) is 108 cm³/mol. The molecule has 2 fully saturated rings. The fourth-order valence-electron chi connectivity index (χ4n) is 4.15. The van der Waals surface area contributed by atoms with E-state index in [1.165, 1.54) is 6.07 Å². The van der Waals surface area contributed by atoms with Crippen molar-refractivity contribution in [2.75, 3.05) is 39.4 Å². The second-order valence-electron chi connectivity index (χ2n) is 7.76. The van der Waals surface area contributed by atoms with Crippen molar-refractivity contribution in [2.24, 2.45) is 5.92 Å². The van der Waals surface area contributed by atoms with Crippen molar-refractivity contribution in [1.29, 1.82) is 0 Å². The van der Waals surface area contributed by atoms with E-state index in [0.717, 1.165) is 19.3 Å². The van der Waals surface area contributed by atoms with E-state index in [2.05, 4.69) is 0 Å². The van der Waals surface area contributed by atoms with Crippen molar-refractivity contribution in [3.63, 3.8) is 0 Å². The van der Waals surface area contributed by atoms with Gasteiger partial charge >= 0.3 is 0 Å². The van der Waals surface area contributed by atoms with Crippen LogP contribution >= 0.6 is 0 Å². The van der Waals surface area contributed by atoms with Crippen LogP contribution in [0.5, 0.6) is 0 Å². The van der Waals surface area contributed by atoms with Crippen LogP contribution in [0.15, 0.2) is 39.5 Å². The highest BCUT2D eigenvalue weighted by Crippen LogP contribution is 2.23. The molecule has 1 aromatic heterocycles. The van der Waals surface area contributed by atoms with Gasteiger partial charge in [-0.05, 0) is 37.3 Å². The number of nitrogens with zero attached hydrogens (tertiary/aromatic N) is 2. The minimum absolute atomic E-state index is 0.0822. The molecule has 3 heterocycles. The zero-order valence-electron chi connectivity index (χ0n) is 16.5. The molecule has 0 bridgehead atoms. The Hall–Kier alpha value is -2.67. The van der Waals surface area contributed by atoms with Gasteiger partial charge in [-0.1, -0.05) is 12.1 Å². The van der Waals surface area contributed by atoms with Gasteiger partial charge in [0.25, 0.3) is 5.91 Å². The average molecular weight is 398 g/mol. The second-order valence-corrected chi connectivity index (χ2v) is 7.76. The van der Waals surface area contributed by atoms with Crippen LogP contribution in [0.3, 0.4) is 0 Å². The molecule has 4 rings (SSSR count). The summed E-state index contributed by atoms with van der Waals surface area (Å²) in [5.41, 5.74) is 0.216. The average Bonchev–Trinajstić information content (AvgIpc) is 2.77. The van der Waals surface area contributed by atoms with Gasteiger partial charge < -0.3 is 19.0 Å². The van der Waals surface area contributed by atoms with Gasteiger partial charge in [-0.3, -0.25) is 14.4 Å². The number of benzene rings is 1. The number of fused-ring (bicyclic) bond motifs is 1. The Morgan fingerprint density at radius 2 is 1.86 bits per heavy atom. The molecule has 0 N–H and O–H groups in total. The zero-order chi connectivity index (χ0) is 20.2. The van der Waals surface area contributed by atoms with E-state index in [0.29, 0.717) is 56.8 Å². The smallest absolute Gasteiger partial charge is 0.289 e. The molecule has 29 heavy (non-hydrogen) atoms. The fraction of sp³-hybridized carbons (Fsp3) is 0.500. The first-order chi connectivity index (χ1) is 14.1. The monoisotopic (exact) mass is 398 g/mol. The van der Waals surface area contributed by atoms with Crippen LogP contribution in [0.25, 0.3) is 11.0 Å². The van der Waals surface area contributed by atoms with Gasteiger partial charge in [0.05, 0.1) is 18.6 Å². The summed E-state index contributed by atoms with van der Waals surface area (Å²) in [5.74, 6) is 0.276. The maximum atomic E-state index is 12.9. The zero-order valence-corrected chi connectivity index (χ0v) is 16.5. The number of likely N-dealkylation sites (tertiary alicyclic amines) is 1. The summed E-state index contributed by atoms with van der Waals surface area (Å²) >= 11 is 0. The predicted octanol–water partition coefficient (Wildman–Crippen LogP) is 2.28. The lowest BCUT2D eigenvalue weighted by Gasteiger charge is -2.33. The third-order valence-corrected chi connectivity index (χ3v) is 5.78. The van der Waals surface area contributed by atoms with Gasteiger partial charge in [-0.15, -0.1) is 0 Å². The lowest BCUT2D eigenvalue weighted by molar-refractivity contribution is -0.135. The molecular weight excluding hydrogens is 372 g/mol. The molecule has 2 amide bonds. The van der Waals surface area contributed by atoms with E-state index >= 15 is 0 Å². The quantitative estimate of drug-likeness (QED) is 0.789. The first-order valence-electron chi connectivity index (χ1n) is 10.3. The highest BCUT2D eigenvalue weighted by molar-refractivity contribution is 5.93. The number of morpholine rings is 1. The van der Waals surface area contributed by atoms with Gasteiger partial charge in [0.2, 0.25) is 5.91 Å². The van der Waals surface area contributed by atoms with Gasteiger partial charge in [0, 0.05) is 38.7 Å². The molecule has 154 valence electrons. The Labute approximate surface area is 169 Å². The molecule has 2 aliphatic rings. The Kier molecular flexibility index (Phi) is 5.94. The van der Waals surface area contributed by atoms with Crippen LogP contribution in [-0.4, -0.2) is 61.0 Å². The Morgan fingerprint density at radius 3 is 2.69 bits per heavy atom. The summed E-state index contributed by atoms with van der Waals surface area (Å²) in [7, 11) is 0. The lowest BCUT2D eigenvalue weighted by atomic mass is 9.93. The van der Waals surface area contributed by atoms with Crippen molar-refractivity contribution in [1.82, 2.24) is 9.80 Å². The Bertz CT molecular complexity index is 948. The molecule has 2 saturated heterocycles. The van der Waals surface area contributed by atoms with Crippen LogP contribution in [0.4, 0.5) is 0 Å². The number of carbonyl (C=O) groups excluding carboxylic acids is 2.